The van der Waals surface area contributed by atoms with Crippen molar-refractivity contribution in [2.24, 2.45) is 0 Å². The lowest BCUT2D eigenvalue weighted by Crippen LogP contribution is -2.46. The molecule has 1 atom stereocenters. The van der Waals surface area contributed by atoms with Crippen molar-refractivity contribution in [1.29, 1.82) is 0 Å². The maximum Gasteiger partial charge on any atom is 0.253 e. The second-order valence-electron chi connectivity index (χ2n) is 4.39. The van der Waals surface area contributed by atoms with E-state index >= 15 is 0 Å². The Morgan fingerprint density at radius 2 is 2.06 bits per heavy atom. The van der Waals surface area contributed by atoms with Crippen LogP contribution in [0.3, 0.4) is 0 Å². The van der Waals surface area contributed by atoms with E-state index in [9.17, 15) is 9.18 Å². The van der Waals surface area contributed by atoms with Gasteiger partial charge in [-0.3, -0.25) is 4.79 Å². The normalized spacial score (nSPS) is 19.2. The van der Waals surface area contributed by atoms with Crippen LogP contribution in [0.25, 0.3) is 0 Å². The molecule has 0 saturated carbocycles. The zero-order valence-electron chi connectivity index (χ0n) is 10.4. The van der Waals surface area contributed by atoms with Crippen LogP contribution >= 0.6 is 12.4 Å². The minimum atomic E-state index is -0.312. The second kappa shape index (κ2) is 6.71. The Morgan fingerprint density at radius 3 is 2.67 bits per heavy atom. The fourth-order valence-electron chi connectivity index (χ4n) is 2.17. The highest BCUT2D eigenvalue weighted by Crippen LogP contribution is 2.14. The Hall–Kier alpha value is -1.13. The Morgan fingerprint density at radius 1 is 1.39 bits per heavy atom. The van der Waals surface area contributed by atoms with Crippen LogP contribution in [0.2, 0.25) is 0 Å². The van der Waals surface area contributed by atoms with E-state index in [0.717, 1.165) is 25.9 Å². The number of rotatable bonds is 2. The van der Waals surface area contributed by atoms with Gasteiger partial charge in [-0.25, -0.2) is 4.39 Å². The average molecular weight is 273 g/mol. The SMILES string of the molecule is CN[C@H]1CCCN(C(=O)c2ccc(F)cc2)C1.Cl. The van der Waals surface area contributed by atoms with Gasteiger partial charge >= 0.3 is 0 Å². The molecule has 1 aromatic carbocycles. The quantitative estimate of drug-likeness (QED) is 0.894. The standard InChI is InChI=1S/C13H17FN2O.ClH/c1-15-12-3-2-8-16(9-12)13(17)10-4-6-11(14)7-5-10;/h4-7,12,15H,2-3,8-9H2,1H3;1H/t12-;/m0./s1. The predicted molar refractivity (Wildman–Crippen MR) is 71.6 cm³/mol. The first-order valence-electron chi connectivity index (χ1n) is 5.93. The van der Waals surface area contributed by atoms with Gasteiger partial charge in [-0.2, -0.15) is 0 Å². The van der Waals surface area contributed by atoms with E-state index in [1.165, 1.54) is 12.1 Å². The van der Waals surface area contributed by atoms with Crippen LogP contribution in [0.5, 0.6) is 0 Å². The number of piperidine rings is 1. The summed E-state index contributed by atoms with van der Waals surface area (Å²) < 4.78 is 12.8. The van der Waals surface area contributed by atoms with Crippen molar-refractivity contribution in [2.45, 2.75) is 18.9 Å². The number of nitrogens with zero attached hydrogens (tertiary/aromatic N) is 1. The number of hydrogen-bond donors (Lipinski definition) is 1. The third-order valence-corrected chi connectivity index (χ3v) is 3.21. The lowest BCUT2D eigenvalue weighted by Gasteiger charge is -2.32. The van der Waals surface area contributed by atoms with Gasteiger partial charge in [0.15, 0.2) is 0 Å². The van der Waals surface area contributed by atoms with Crippen LogP contribution < -0.4 is 5.32 Å². The number of amides is 1. The lowest BCUT2D eigenvalue weighted by atomic mass is 10.0. The summed E-state index contributed by atoms with van der Waals surface area (Å²) in [5.41, 5.74) is 0.558. The van der Waals surface area contributed by atoms with Crippen LogP contribution in [0.1, 0.15) is 23.2 Å². The highest BCUT2D eigenvalue weighted by Gasteiger charge is 2.23. The van der Waals surface area contributed by atoms with Gasteiger partial charge in [-0.15, -0.1) is 12.4 Å². The molecule has 1 N–H and O–H groups in total. The fourth-order valence-corrected chi connectivity index (χ4v) is 2.17. The van der Waals surface area contributed by atoms with Crippen LogP contribution in [-0.4, -0.2) is 37.0 Å². The zero-order valence-corrected chi connectivity index (χ0v) is 11.2. The second-order valence-corrected chi connectivity index (χ2v) is 4.39. The van der Waals surface area contributed by atoms with Gasteiger partial charge in [0.25, 0.3) is 5.91 Å². The van der Waals surface area contributed by atoms with Crippen LogP contribution in [-0.2, 0) is 0 Å². The Labute approximate surface area is 113 Å². The Kier molecular flexibility index (Phi) is 5.56. The molecular formula is C13H18ClFN2O. The number of likely N-dealkylation sites (N-methyl/N-ethyl adjacent to an activating group) is 1. The van der Waals surface area contributed by atoms with Crippen molar-refractivity contribution in [1.82, 2.24) is 10.2 Å². The van der Waals surface area contributed by atoms with Gasteiger partial charge in [-0.1, -0.05) is 0 Å². The molecule has 0 radical (unpaired) electrons. The summed E-state index contributed by atoms with van der Waals surface area (Å²) in [6.45, 7) is 1.51. The van der Waals surface area contributed by atoms with Crippen LogP contribution in [0.4, 0.5) is 4.39 Å². The summed E-state index contributed by atoms with van der Waals surface area (Å²) >= 11 is 0. The van der Waals surface area contributed by atoms with E-state index in [-0.39, 0.29) is 24.1 Å². The summed E-state index contributed by atoms with van der Waals surface area (Å²) in [7, 11) is 1.91. The third kappa shape index (κ3) is 3.43. The number of benzene rings is 1. The van der Waals surface area contributed by atoms with Gasteiger partial charge < -0.3 is 10.2 Å². The fraction of sp³-hybridized carbons (Fsp3) is 0.462. The molecule has 0 spiro atoms. The van der Waals surface area contributed by atoms with Crippen LogP contribution in [0.15, 0.2) is 24.3 Å². The molecular weight excluding hydrogens is 255 g/mol. The van der Waals surface area contributed by atoms with Gasteiger partial charge in [0.05, 0.1) is 0 Å². The summed E-state index contributed by atoms with van der Waals surface area (Å²) in [6, 6.07) is 6.11. The summed E-state index contributed by atoms with van der Waals surface area (Å²) in [5.74, 6) is -0.321. The number of halogens is 2. The molecule has 0 aliphatic carbocycles. The van der Waals surface area contributed by atoms with Crippen molar-refractivity contribution in [3.63, 3.8) is 0 Å². The predicted octanol–water partition coefficient (Wildman–Crippen LogP) is 2.07. The largest absolute Gasteiger partial charge is 0.337 e. The summed E-state index contributed by atoms with van der Waals surface area (Å²) in [5, 5.41) is 3.20. The molecule has 5 heteroatoms. The molecule has 1 fully saturated rings. The number of nitrogens with one attached hydrogen (secondary N) is 1. The molecule has 1 aromatic rings. The molecule has 1 saturated heterocycles. The molecule has 18 heavy (non-hydrogen) atoms. The summed E-state index contributed by atoms with van der Waals surface area (Å²) in [6.07, 6.45) is 2.11. The lowest BCUT2D eigenvalue weighted by molar-refractivity contribution is 0.0698. The maximum absolute atomic E-state index is 12.8. The van der Waals surface area contributed by atoms with Crippen molar-refractivity contribution in [3.05, 3.63) is 35.6 Å². The molecule has 0 bridgehead atoms. The molecule has 2 rings (SSSR count). The molecule has 0 unspecified atom stereocenters. The first-order valence-corrected chi connectivity index (χ1v) is 5.93. The average Bonchev–Trinajstić information content (AvgIpc) is 2.39. The van der Waals surface area contributed by atoms with Crippen molar-refractivity contribution in [3.8, 4) is 0 Å². The molecule has 1 aliphatic heterocycles. The van der Waals surface area contributed by atoms with E-state index in [2.05, 4.69) is 5.32 Å². The van der Waals surface area contributed by atoms with Crippen molar-refractivity contribution >= 4 is 18.3 Å². The minimum absolute atomic E-state index is 0. The van der Waals surface area contributed by atoms with E-state index < -0.39 is 0 Å². The van der Waals surface area contributed by atoms with Gasteiger partial charge in [0, 0.05) is 24.7 Å². The molecule has 3 nitrogen and oxygen atoms in total. The minimum Gasteiger partial charge on any atom is -0.337 e. The van der Waals surface area contributed by atoms with E-state index in [1.807, 2.05) is 11.9 Å². The maximum atomic E-state index is 12.8. The summed E-state index contributed by atoms with van der Waals surface area (Å²) in [4.78, 5) is 14.0. The molecule has 1 aliphatic rings. The molecule has 0 aromatic heterocycles. The third-order valence-electron chi connectivity index (χ3n) is 3.21. The topological polar surface area (TPSA) is 32.3 Å². The van der Waals surface area contributed by atoms with E-state index in [1.54, 1.807) is 12.1 Å². The van der Waals surface area contributed by atoms with Gasteiger partial charge in [0.1, 0.15) is 5.82 Å². The molecule has 1 heterocycles. The zero-order chi connectivity index (χ0) is 12.3. The van der Waals surface area contributed by atoms with Gasteiger partial charge in [-0.05, 0) is 44.2 Å². The Balaban J connectivity index is 0.00000162. The smallest absolute Gasteiger partial charge is 0.253 e. The number of hydrogen-bond acceptors (Lipinski definition) is 2. The number of carbonyl (C=O) groups is 1. The van der Waals surface area contributed by atoms with E-state index in [0.29, 0.717) is 11.6 Å². The Bertz CT molecular complexity index is 396. The number of carbonyl (C=O) groups excluding carboxylic acids is 1. The first-order chi connectivity index (χ1) is 8.20. The van der Waals surface area contributed by atoms with Gasteiger partial charge in [0.2, 0.25) is 0 Å². The van der Waals surface area contributed by atoms with Crippen LogP contribution in [0, 0.1) is 5.82 Å². The molecule has 100 valence electrons. The van der Waals surface area contributed by atoms with Crippen molar-refractivity contribution < 1.29 is 9.18 Å². The molecule has 1 amide bonds. The highest BCUT2D eigenvalue weighted by molar-refractivity contribution is 5.94. The first kappa shape index (κ1) is 14.9. The highest BCUT2D eigenvalue weighted by atomic mass is 35.5. The van der Waals surface area contributed by atoms with E-state index in [4.69, 9.17) is 0 Å². The number of likely N-dealkylation sites (tertiary alicyclic amines) is 1. The monoisotopic (exact) mass is 272 g/mol. The van der Waals surface area contributed by atoms with Crippen molar-refractivity contribution in [2.75, 3.05) is 20.1 Å².